The van der Waals surface area contributed by atoms with E-state index >= 15 is 0 Å². The Kier molecular flexibility index (Phi) is 10.4. The molecule has 0 spiro atoms. The van der Waals surface area contributed by atoms with Crippen molar-refractivity contribution in [2.24, 2.45) is 0 Å². The van der Waals surface area contributed by atoms with Crippen LogP contribution in [0.1, 0.15) is 65.2 Å². The molecule has 0 aliphatic rings. The maximum atomic E-state index is 10.9. The summed E-state index contributed by atoms with van der Waals surface area (Å²) in [5.41, 5.74) is 0. The molecule has 90 valence electrons. The highest BCUT2D eigenvalue weighted by molar-refractivity contribution is 9.07. The second kappa shape index (κ2) is 10.5. The van der Waals surface area contributed by atoms with Gasteiger partial charge < -0.3 is 0 Å². The van der Waals surface area contributed by atoms with E-state index in [4.69, 9.17) is 0 Å². The Morgan fingerprint density at radius 3 is 1.93 bits per heavy atom. The molecule has 0 fully saturated rings. The first-order valence-corrected chi connectivity index (χ1v) is 6.83. The summed E-state index contributed by atoms with van der Waals surface area (Å²) in [6.45, 7) is 4.66. The van der Waals surface area contributed by atoms with Gasteiger partial charge in [0.1, 0.15) is 0 Å². The van der Waals surface area contributed by atoms with Crippen LogP contribution in [0.4, 0.5) is 0 Å². The molecule has 0 aliphatic carbocycles. The number of carbonyl (C=O) groups is 1. The van der Waals surface area contributed by atoms with Crippen LogP contribution in [-0.4, -0.2) is 16.4 Å². The fourth-order valence-electron chi connectivity index (χ4n) is 1.54. The van der Waals surface area contributed by atoms with E-state index in [-0.39, 0.29) is 5.91 Å². The van der Waals surface area contributed by atoms with E-state index in [0.717, 1.165) is 13.0 Å². The molecule has 2 nitrogen and oxygen atoms in total. The molecule has 0 heterocycles. The molecule has 0 atom stereocenters. The molecule has 3 heteroatoms. The fourth-order valence-corrected chi connectivity index (χ4v) is 1.79. The second-order valence-electron chi connectivity index (χ2n) is 4.08. The average Bonchev–Trinajstić information content (AvgIpc) is 2.21. The molecule has 0 aromatic carbocycles. The van der Waals surface area contributed by atoms with Gasteiger partial charge in [0.25, 0.3) is 0 Å². The van der Waals surface area contributed by atoms with Crippen LogP contribution in [0, 0.1) is 0 Å². The van der Waals surface area contributed by atoms with Gasteiger partial charge in [0, 0.05) is 13.5 Å². The van der Waals surface area contributed by atoms with Crippen molar-refractivity contribution < 1.29 is 4.79 Å². The first kappa shape index (κ1) is 14.9. The molecular weight excluding hydrogens is 254 g/mol. The minimum Gasteiger partial charge on any atom is -0.279 e. The van der Waals surface area contributed by atoms with Crippen LogP contribution in [0.15, 0.2) is 0 Å². The van der Waals surface area contributed by atoms with E-state index in [1.54, 1.807) is 10.8 Å². The largest absolute Gasteiger partial charge is 0.279 e. The van der Waals surface area contributed by atoms with Crippen molar-refractivity contribution in [3.05, 3.63) is 0 Å². The van der Waals surface area contributed by atoms with Crippen LogP contribution in [0.2, 0.25) is 0 Å². The van der Waals surface area contributed by atoms with Gasteiger partial charge in [-0.15, -0.1) is 0 Å². The molecule has 0 rings (SSSR count). The number of rotatable bonds is 9. The zero-order valence-electron chi connectivity index (χ0n) is 10.1. The summed E-state index contributed by atoms with van der Waals surface area (Å²) in [5, 5.41) is 0. The summed E-state index contributed by atoms with van der Waals surface area (Å²) in [7, 11) is 0. The SMILES string of the molecule is CCCCCCCCCCN(Br)C(C)=O. The average molecular weight is 278 g/mol. The Morgan fingerprint density at radius 1 is 1.00 bits per heavy atom. The van der Waals surface area contributed by atoms with Crippen molar-refractivity contribution in [3.8, 4) is 0 Å². The number of nitrogens with zero attached hydrogens (tertiary/aromatic N) is 1. The summed E-state index contributed by atoms with van der Waals surface area (Å²) >= 11 is 3.23. The predicted molar refractivity (Wildman–Crippen MR) is 68.9 cm³/mol. The van der Waals surface area contributed by atoms with Crippen molar-refractivity contribution in [2.45, 2.75) is 65.2 Å². The van der Waals surface area contributed by atoms with Gasteiger partial charge in [-0.2, -0.15) is 0 Å². The maximum absolute atomic E-state index is 10.9. The molecule has 0 N–H and O–H groups in total. The Bertz CT molecular complexity index is 162. The van der Waals surface area contributed by atoms with Gasteiger partial charge in [0.05, 0.1) is 16.1 Å². The second-order valence-corrected chi connectivity index (χ2v) is 4.94. The number of halogens is 1. The lowest BCUT2D eigenvalue weighted by atomic mass is 10.1. The highest BCUT2D eigenvalue weighted by Gasteiger charge is 2.02. The van der Waals surface area contributed by atoms with Gasteiger partial charge in [-0.05, 0) is 6.42 Å². The van der Waals surface area contributed by atoms with E-state index in [1.807, 2.05) is 0 Å². The summed E-state index contributed by atoms with van der Waals surface area (Å²) in [6.07, 6.45) is 10.5. The lowest BCUT2D eigenvalue weighted by molar-refractivity contribution is -0.123. The van der Waals surface area contributed by atoms with E-state index < -0.39 is 0 Å². The van der Waals surface area contributed by atoms with Crippen LogP contribution in [0.3, 0.4) is 0 Å². The third kappa shape index (κ3) is 10.2. The van der Waals surface area contributed by atoms with Gasteiger partial charge in [-0.3, -0.25) is 8.72 Å². The van der Waals surface area contributed by atoms with Crippen molar-refractivity contribution in [1.29, 1.82) is 0 Å². The normalized spacial score (nSPS) is 10.3. The van der Waals surface area contributed by atoms with E-state index in [0.29, 0.717) is 0 Å². The Labute approximate surface area is 103 Å². The minimum absolute atomic E-state index is 0.0953. The lowest BCUT2D eigenvalue weighted by Gasteiger charge is -2.11. The Morgan fingerprint density at radius 2 is 1.47 bits per heavy atom. The Hall–Kier alpha value is -0.0500. The number of amides is 1. The van der Waals surface area contributed by atoms with Crippen molar-refractivity contribution in [3.63, 3.8) is 0 Å². The highest BCUT2D eigenvalue weighted by atomic mass is 79.9. The molecule has 0 unspecified atom stereocenters. The summed E-state index contributed by atoms with van der Waals surface area (Å²) in [6, 6.07) is 0. The van der Waals surface area contributed by atoms with Gasteiger partial charge in [0.15, 0.2) is 0 Å². The Balaban J connectivity index is 3.08. The molecule has 0 saturated heterocycles. The van der Waals surface area contributed by atoms with Crippen LogP contribution in [0.5, 0.6) is 0 Å². The molecule has 0 radical (unpaired) electrons. The van der Waals surface area contributed by atoms with Crippen molar-refractivity contribution >= 4 is 22.1 Å². The molecule has 0 saturated carbocycles. The molecule has 0 aromatic heterocycles. The zero-order chi connectivity index (χ0) is 11.5. The van der Waals surface area contributed by atoms with Gasteiger partial charge in [0.2, 0.25) is 5.91 Å². The minimum atomic E-state index is 0.0953. The smallest absolute Gasteiger partial charge is 0.229 e. The first-order valence-electron chi connectivity index (χ1n) is 6.12. The summed E-state index contributed by atoms with van der Waals surface area (Å²) in [4.78, 5) is 10.9. The molecule has 0 aliphatic heterocycles. The first-order chi connectivity index (χ1) is 7.18. The van der Waals surface area contributed by atoms with Crippen LogP contribution < -0.4 is 0 Å². The maximum Gasteiger partial charge on any atom is 0.229 e. The van der Waals surface area contributed by atoms with Gasteiger partial charge in [-0.25, -0.2) is 0 Å². The number of hydrogen-bond acceptors (Lipinski definition) is 1. The monoisotopic (exact) mass is 277 g/mol. The molecule has 0 bridgehead atoms. The molecule has 0 aromatic rings. The van der Waals surface area contributed by atoms with E-state index in [2.05, 4.69) is 23.1 Å². The van der Waals surface area contributed by atoms with E-state index in [9.17, 15) is 4.79 Å². The number of unbranched alkanes of at least 4 members (excludes halogenated alkanes) is 7. The third-order valence-electron chi connectivity index (χ3n) is 2.55. The molecular formula is C12H24BrNO. The number of carbonyl (C=O) groups excluding carboxylic acids is 1. The van der Waals surface area contributed by atoms with Crippen LogP contribution in [-0.2, 0) is 4.79 Å². The van der Waals surface area contributed by atoms with Crippen molar-refractivity contribution in [1.82, 2.24) is 3.93 Å². The number of hydrogen-bond donors (Lipinski definition) is 0. The highest BCUT2D eigenvalue weighted by Crippen LogP contribution is 2.09. The zero-order valence-corrected chi connectivity index (χ0v) is 11.7. The standard InChI is InChI=1S/C12H24BrNO/c1-3-4-5-6-7-8-9-10-11-14(13)12(2)15/h3-11H2,1-2H3. The quantitative estimate of drug-likeness (QED) is 0.455. The summed E-state index contributed by atoms with van der Waals surface area (Å²) < 4.78 is 1.62. The third-order valence-corrected chi connectivity index (χ3v) is 3.40. The van der Waals surface area contributed by atoms with Gasteiger partial charge in [-0.1, -0.05) is 51.9 Å². The van der Waals surface area contributed by atoms with Crippen LogP contribution >= 0.6 is 16.1 Å². The molecule has 15 heavy (non-hydrogen) atoms. The van der Waals surface area contributed by atoms with Crippen LogP contribution in [0.25, 0.3) is 0 Å². The fraction of sp³-hybridized carbons (Fsp3) is 0.917. The topological polar surface area (TPSA) is 20.3 Å². The summed E-state index contributed by atoms with van der Waals surface area (Å²) in [5.74, 6) is 0.0953. The van der Waals surface area contributed by atoms with E-state index in [1.165, 1.54) is 44.9 Å². The lowest BCUT2D eigenvalue weighted by Crippen LogP contribution is -2.18. The predicted octanol–water partition coefficient (Wildman–Crippen LogP) is 4.29. The van der Waals surface area contributed by atoms with Crippen molar-refractivity contribution in [2.75, 3.05) is 6.54 Å². The van der Waals surface area contributed by atoms with Gasteiger partial charge >= 0.3 is 0 Å². The molecule has 1 amide bonds.